The Balaban J connectivity index is 1.88. The minimum absolute atomic E-state index is 0.0313. The van der Waals surface area contributed by atoms with E-state index in [2.05, 4.69) is 5.32 Å². The summed E-state index contributed by atoms with van der Waals surface area (Å²) in [6, 6.07) is 9.22. The normalized spacial score (nSPS) is 15.7. The molecular formula is C29H33F2N3O6. The van der Waals surface area contributed by atoms with E-state index in [1.165, 1.54) is 12.1 Å². The molecule has 0 spiro atoms. The molecule has 0 amide bonds. The zero-order chi connectivity index (χ0) is 29.8. The topological polar surface area (TPSA) is 111 Å². The number of hydrogen-bond acceptors (Lipinski definition) is 8. The van der Waals surface area contributed by atoms with Crippen molar-refractivity contribution in [1.82, 2.24) is 10.2 Å². The van der Waals surface area contributed by atoms with Gasteiger partial charge in [0.15, 0.2) is 0 Å². The van der Waals surface area contributed by atoms with Crippen LogP contribution in [-0.2, 0) is 25.6 Å². The summed E-state index contributed by atoms with van der Waals surface area (Å²) in [5, 5.41) is 14.4. The maximum absolute atomic E-state index is 15.2. The molecule has 11 heteroatoms. The number of nitrogens with zero attached hydrogens (tertiary/aromatic N) is 2. The van der Waals surface area contributed by atoms with Gasteiger partial charge in [0.25, 0.3) is 5.69 Å². The van der Waals surface area contributed by atoms with Crippen molar-refractivity contribution in [2.45, 2.75) is 40.2 Å². The average Bonchev–Trinajstić information content (AvgIpc) is 2.86. The van der Waals surface area contributed by atoms with Gasteiger partial charge < -0.3 is 19.7 Å². The van der Waals surface area contributed by atoms with E-state index < -0.39 is 39.7 Å². The predicted molar refractivity (Wildman–Crippen MR) is 144 cm³/mol. The number of rotatable bonds is 10. The molecule has 9 nitrogen and oxygen atoms in total. The Morgan fingerprint density at radius 2 is 1.73 bits per heavy atom. The molecule has 0 saturated heterocycles. The number of methoxy groups -OCH3 is 1. The van der Waals surface area contributed by atoms with E-state index in [9.17, 15) is 24.1 Å². The second kappa shape index (κ2) is 12.4. The first-order valence-corrected chi connectivity index (χ1v) is 12.5. The third-order valence-electron chi connectivity index (χ3n) is 6.52. The van der Waals surface area contributed by atoms with Crippen LogP contribution in [0, 0.1) is 27.2 Å². The molecule has 1 atom stereocenters. The van der Waals surface area contributed by atoms with Crippen LogP contribution in [0.1, 0.15) is 44.7 Å². The van der Waals surface area contributed by atoms with Crippen molar-refractivity contribution in [2.24, 2.45) is 5.41 Å². The van der Waals surface area contributed by atoms with Crippen LogP contribution in [-0.4, -0.2) is 49.1 Å². The van der Waals surface area contributed by atoms with E-state index in [1.807, 2.05) is 31.9 Å². The van der Waals surface area contributed by atoms with E-state index in [0.29, 0.717) is 24.5 Å². The van der Waals surface area contributed by atoms with E-state index in [0.717, 1.165) is 30.9 Å². The summed E-state index contributed by atoms with van der Waals surface area (Å²) < 4.78 is 39.3. The van der Waals surface area contributed by atoms with Gasteiger partial charge >= 0.3 is 11.9 Å². The number of dihydropyridines is 1. The van der Waals surface area contributed by atoms with Crippen molar-refractivity contribution >= 4 is 17.6 Å². The van der Waals surface area contributed by atoms with Crippen molar-refractivity contribution in [2.75, 3.05) is 27.3 Å². The number of nitro benzene ring substituents is 1. The summed E-state index contributed by atoms with van der Waals surface area (Å²) in [6.45, 7) is 7.86. The molecule has 0 bridgehead atoms. The molecular weight excluding hydrogens is 524 g/mol. The van der Waals surface area contributed by atoms with E-state index >= 15 is 4.39 Å². The molecule has 40 heavy (non-hydrogen) atoms. The Labute approximate surface area is 231 Å². The SMILES string of the molecule is COC(=O)C1=C(C)NC(C)=C(C(=O)OCC(C)(C)CN(C)Cc2cccc(F)c2)C1c1cc([N+](=O)[O-])ccc1F. The minimum Gasteiger partial charge on any atom is -0.466 e. The highest BCUT2D eigenvalue weighted by atomic mass is 19.1. The van der Waals surface area contributed by atoms with Crippen molar-refractivity contribution in [3.05, 3.63) is 97.9 Å². The average molecular weight is 558 g/mol. The first-order valence-electron chi connectivity index (χ1n) is 12.5. The smallest absolute Gasteiger partial charge is 0.336 e. The molecule has 1 unspecified atom stereocenters. The summed E-state index contributed by atoms with van der Waals surface area (Å²) >= 11 is 0. The van der Waals surface area contributed by atoms with Crippen LogP contribution in [0.3, 0.4) is 0 Å². The summed E-state index contributed by atoms with van der Waals surface area (Å²) in [4.78, 5) is 39.1. The molecule has 1 N–H and O–H groups in total. The van der Waals surface area contributed by atoms with Crippen LogP contribution in [0.5, 0.6) is 0 Å². The molecule has 1 aliphatic rings. The van der Waals surface area contributed by atoms with Gasteiger partial charge in [-0.1, -0.05) is 26.0 Å². The third-order valence-corrected chi connectivity index (χ3v) is 6.52. The standard InChI is InChI=1S/C29H33F2N3O6/c1-17-24(27(35)39-6)26(22-13-21(34(37)38)10-11-23(22)31)25(18(2)32-17)28(36)40-16-29(3,4)15-33(5)14-19-8-7-9-20(30)12-19/h7-13,26,32H,14-16H2,1-6H3. The Bertz CT molecular complexity index is 1390. The van der Waals surface area contributed by atoms with E-state index in [4.69, 9.17) is 9.47 Å². The zero-order valence-corrected chi connectivity index (χ0v) is 23.3. The number of benzene rings is 2. The Morgan fingerprint density at radius 1 is 1.07 bits per heavy atom. The number of ether oxygens (including phenoxy) is 2. The second-order valence-corrected chi connectivity index (χ2v) is 10.6. The van der Waals surface area contributed by atoms with Gasteiger partial charge in [0.1, 0.15) is 11.6 Å². The largest absolute Gasteiger partial charge is 0.466 e. The maximum Gasteiger partial charge on any atom is 0.336 e. The highest BCUT2D eigenvalue weighted by Crippen LogP contribution is 2.41. The number of hydrogen-bond donors (Lipinski definition) is 1. The van der Waals surface area contributed by atoms with Crippen molar-refractivity contribution in [3.8, 4) is 0 Å². The number of nitro groups is 1. The molecule has 1 heterocycles. The number of esters is 2. The third kappa shape index (κ3) is 7.09. The van der Waals surface area contributed by atoms with E-state index in [1.54, 1.807) is 19.9 Å². The quantitative estimate of drug-likeness (QED) is 0.247. The van der Waals surface area contributed by atoms with Crippen LogP contribution < -0.4 is 5.32 Å². The molecule has 0 radical (unpaired) electrons. The molecule has 1 aliphatic heterocycles. The van der Waals surface area contributed by atoms with Gasteiger partial charge in [0.05, 0.1) is 35.7 Å². The fourth-order valence-electron chi connectivity index (χ4n) is 4.94. The molecule has 0 saturated carbocycles. The van der Waals surface area contributed by atoms with Gasteiger partial charge in [-0.05, 0) is 44.7 Å². The number of non-ortho nitro benzene ring substituents is 1. The molecule has 3 rings (SSSR count). The van der Waals surface area contributed by atoms with Crippen LogP contribution in [0.2, 0.25) is 0 Å². The second-order valence-electron chi connectivity index (χ2n) is 10.6. The van der Waals surface area contributed by atoms with Crippen LogP contribution in [0.25, 0.3) is 0 Å². The van der Waals surface area contributed by atoms with Crippen molar-refractivity contribution < 1.29 is 32.8 Å². The Hall–Kier alpha value is -4.12. The lowest BCUT2D eigenvalue weighted by Crippen LogP contribution is -2.37. The number of allylic oxidation sites excluding steroid dienone is 2. The molecule has 2 aromatic rings. The fraction of sp³-hybridized carbons (Fsp3) is 0.379. The monoisotopic (exact) mass is 557 g/mol. The highest BCUT2D eigenvalue weighted by Gasteiger charge is 2.40. The Morgan fingerprint density at radius 3 is 2.33 bits per heavy atom. The van der Waals surface area contributed by atoms with Crippen LogP contribution in [0.4, 0.5) is 14.5 Å². The zero-order valence-electron chi connectivity index (χ0n) is 23.3. The highest BCUT2D eigenvalue weighted by molar-refractivity contribution is 6.00. The van der Waals surface area contributed by atoms with Gasteiger partial charge in [-0.3, -0.25) is 10.1 Å². The fourth-order valence-corrected chi connectivity index (χ4v) is 4.94. The lowest BCUT2D eigenvalue weighted by atomic mass is 9.80. The van der Waals surface area contributed by atoms with Crippen LogP contribution >= 0.6 is 0 Å². The summed E-state index contributed by atoms with van der Waals surface area (Å²) in [7, 11) is 3.01. The van der Waals surface area contributed by atoms with Crippen molar-refractivity contribution in [1.29, 1.82) is 0 Å². The van der Waals surface area contributed by atoms with Crippen molar-refractivity contribution in [3.63, 3.8) is 0 Å². The lowest BCUT2D eigenvalue weighted by molar-refractivity contribution is -0.385. The Kier molecular flexibility index (Phi) is 9.41. The molecule has 2 aromatic carbocycles. The maximum atomic E-state index is 15.2. The first kappa shape index (κ1) is 30.4. The van der Waals surface area contributed by atoms with Gasteiger partial charge in [-0.15, -0.1) is 0 Å². The molecule has 214 valence electrons. The molecule has 0 aliphatic carbocycles. The van der Waals surface area contributed by atoms with E-state index in [-0.39, 0.29) is 29.1 Å². The number of halogens is 2. The molecule has 0 aromatic heterocycles. The predicted octanol–water partition coefficient (Wildman–Crippen LogP) is 4.98. The van der Waals surface area contributed by atoms with Gasteiger partial charge in [-0.2, -0.15) is 0 Å². The van der Waals surface area contributed by atoms with Gasteiger partial charge in [0.2, 0.25) is 0 Å². The van der Waals surface area contributed by atoms with Crippen LogP contribution in [0.15, 0.2) is 65.0 Å². The number of nitrogens with one attached hydrogen (secondary N) is 1. The summed E-state index contributed by atoms with van der Waals surface area (Å²) in [5.74, 6) is -4.09. The molecule has 0 fully saturated rings. The first-order chi connectivity index (χ1) is 18.7. The minimum atomic E-state index is -1.31. The number of carbonyl (C=O) groups is 2. The number of carbonyl (C=O) groups excluding carboxylic acids is 2. The summed E-state index contributed by atoms with van der Waals surface area (Å²) in [5.41, 5.74) is 0.132. The van der Waals surface area contributed by atoms with Gasteiger partial charge in [0, 0.05) is 47.6 Å². The van der Waals surface area contributed by atoms with Gasteiger partial charge in [-0.25, -0.2) is 18.4 Å². The lowest BCUT2D eigenvalue weighted by Gasteiger charge is -2.32. The summed E-state index contributed by atoms with van der Waals surface area (Å²) in [6.07, 6.45) is 0.